The fourth-order valence-electron chi connectivity index (χ4n) is 6.38. The molecular weight excluding hydrogens is 645 g/mol. The molecule has 12 heteroatoms. The lowest BCUT2D eigenvalue weighted by Gasteiger charge is -2.38. The summed E-state index contributed by atoms with van der Waals surface area (Å²) in [6.07, 6.45) is 1.71. The van der Waals surface area contributed by atoms with Gasteiger partial charge in [-0.3, -0.25) is 9.69 Å². The second kappa shape index (κ2) is 13.9. The number of hydrogen-bond acceptors (Lipinski definition) is 7. The van der Waals surface area contributed by atoms with Crippen LogP contribution in [0.1, 0.15) is 33.2 Å². The number of ketones is 1. The van der Waals surface area contributed by atoms with Crippen LogP contribution in [-0.2, 0) is 16.2 Å². The van der Waals surface area contributed by atoms with Gasteiger partial charge in [0.05, 0.1) is 48.4 Å². The van der Waals surface area contributed by atoms with E-state index in [1.54, 1.807) is 23.0 Å². The van der Waals surface area contributed by atoms with Crippen LogP contribution in [-0.4, -0.2) is 66.0 Å². The van der Waals surface area contributed by atoms with Crippen LogP contribution in [0.25, 0.3) is 16.6 Å². The Morgan fingerprint density at radius 3 is 2.51 bits per heavy atom. The number of benzene rings is 3. The molecule has 0 spiro atoms. The van der Waals surface area contributed by atoms with Crippen LogP contribution in [0.3, 0.4) is 0 Å². The number of para-hydroxylation sites is 1. The predicted molar refractivity (Wildman–Crippen MR) is 189 cm³/mol. The van der Waals surface area contributed by atoms with Crippen molar-refractivity contribution in [2.75, 3.05) is 32.6 Å². The van der Waals surface area contributed by atoms with E-state index in [1.165, 1.54) is 12.1 Å². The summed E-state index contributed by atoms with van der Waals surface area (Å²) in [7, 11) is 0.648. The molecule has 0 bridgehead atoms. The number of fused-ring (bicyclic) bond motifs is 1. The quantitative estimate of drug-likeness (QED) is 0.0865. The summed E-state index contributed by atoms with van der Waals surface area (Å²) in [5, 5.41) is 5.62. The molecule has 1 aliphatic heterocycles. The van der Waals surface area contributed by atoms with E-state index in [-0.39, 0.29) is 24.2 Å². The summed E-state index contributed by atoms with van der Waals surface area (Å²) >= 11 is 0. The van der Waals surface area contributed by atoms with E-state index in [0.717, 1.165) is 45.4 Å². The largest absolute Gasteiger partial charge is 0.454 e. The van der Waals surface area contributed by atoms with Crippen molar-refractivity contribution in [2.24, 2.45) is 0 Å². The number of anilines is 1. The summed E-state index contributed by atoms with van der Waals surface area (Å²) in [5.74, 6) is -1.52. The third kappa shape index (κ3) is 7.04. The van der Waals surface area contributed by atoms with Gasteiger partial charge in [0.1, 0.15) is 18.3 Å². The summed E-state index contributed by atoms with van der Waals surface area (Å²) in [6.45, 7) is 12.2. The molecular formula is C37H43F2N5O4Si. The smallest absolute Gasteiger partial charge is 0.201 e. The number of aryl methyl sites for hydroxylation is 2. The number of halogens is 2. The number of carbonyl (C=O) groups excluding carboxylic acids is 1. The first-order valence-electron chi connectivity index (χ1n) is 16.4. The predicted octanol–water partition coefficient (Wildman–Crippen LogP) is 7.66. The summed E-state index contributed by atoms with van der Waals surface area (Å²) in [5.41, 5.74) is 11.3. The van der Waals surface area contributed by atoms with Gasteiger partial charge >= 0.3 is 0 Å². The highest BCUT2D eigenvalue weighted by atomic mass is 28.3. The number of nitrogens with zero attached hydrogens (tertiary/aromatic N) is 4. The van der Waals surface area contributed by atoms with Gasteiger partial charge in [0.2, 0.25) is 5.82 Å². The number of likely N-dealkylation sites (N-methyl/N-ethyl adjacent to an activating group) is 1. The molecule has 3 heterocycles. The summed E-state index contributed by atoms with van der Waals surface area (Å²) < 4.78 is 49.5. The van der Waals surface area contributed by atoms with Crippen LogP contribution >= 0.6 is 0 Å². The molecule has 1 saturated heterocycles. The fourth-order valence-corrected chi connectivity index (χ4v) is 7.13. The van der Waals surface area contributed by atoms with Gasteiger partial charge in [0, 0.05) is 25.6 Å². The van der Waals surface area contributed by atoms with Crippen molar-refractivity contribution in [2.45, 2.75) is 58.3 Å². The molecule has 2 aromatic heterocycles. The van der Waals surface area contributed by atoms with Crippen molar-refractivity contribution in [3.63, 3.8) is 0 Å². The second-order valence-electron chi connectivity index (χ2n) is 13.9. The molecule has 0 saturated carbocycles. The molecule has 0 aliphatic carbocycles. The van der Waals surface area contributed by atoms with Crippen LogP contribution in [0.4, 0.5) is 14.6 Å². The highest BCUT2D eigenvalue weighted by molar-refractivity contribution is 6.76. The van der Waals surface area contributed by atoms with Gasteiger partial charge in [0.15, 0.2) is 17.3 Å². The Kier molecular flexibility index (Phi) is 9.76. The molecule has 1 fully saturated rings. The van der Waals surface area contributed by atoms with E-state index in [9.17, 15) is 13.6 Å². The normalized spacial score (nSPS) is 17.1. The van der Waals surface area contributed by atoms with Crippen molar-refractivity contribution in [1.29, 1.82) is 0 Å². The molecule has 49 heavy (non-hydrogen) atoms. The van der Waals surface area contributed by atoms with E-state index < -0.39 is 25.8 Å². The third-order valence-electron chi connectivity index (χ3n) is 9.13. The highest BCUT2D eigenvalue weighted by Gasteiger charge is 2.37. The van der Waals surface area contributed by atoms with Gasteiger partial charge in [0.25, 0.3) is 0 Å². The third-order valence-corrected chi connectivity index (χ3v) is 10.8. The van der Waals surface area contributed by atoms with Crippen LogP contribution in [0.2, 0.25) is 25.7 Å². The van der Waals surface area contributed by atoms with E-state index in [1.807, 2.05) is 60.7 Å². The molecule has 9 nitrogen and oxygen atoms in total. The molecule has 5 aromatic rings. The lowest BCUT2D eigenvalue weighted by molar-refractivity contribution is -0.0281. The monoisotopic (exact) mass is 687 g/mol. The summed E-state index contributed by atoms with van der Waals surface area (Å²) in [4.78, 5) is 16.3. The second-order valence-corrected chi connectivity index (χ2v) is 19.5. The zero-order chi connectivity index (χ0) is 35.0. The number of aromatic nitrogens is 3. The molecule has 1 aliphatic rings. The Balaban J connectivity index is 1.24. The Morgan fingerprint density at radius 1 is 1.04 bits per heavy atom. The topological polar surface area (TPSA) is 96.8 Å². The van der Waals surface area contributed by atoms with Gasteiger partial charge in [-0.25, -0.2) is 9.07 Å². The van der Waals surface area contributed by atoms with Gasteiger partial charge in [-0.15, -0.1) is 0 Å². The molecule has 6 rings (SSSR count). The first kappa shape index (κ1) is 34.5. The van der Waals surface area contributed by atoms with Crippen molar-refractivity contribution >= 4 is 30.6 Å². The van der Waals surface area contributed by atoms with Gasteiger partial charge in [-0.1, -0.05) is 43.9 Å². The van der Waals surface area contributed by atoms with Crippen molar-refractivity contribution in [3.8, 4) is 17.2 Å². The summed E-state index contributed by atoms with van der Waals surface area (Å²) in [6, 6.07) is 17.3. The zero-order valence-electron chi connectivity index (χ0n) is 28.8. The van der Waals surface area contributed by atoms with E-state index in [0.29, 0.717) is 37.2 Å². The Morgan fingerprint density at radius 2 is 1.78 bits per heavy atom. The zero-order valence-corrected chi connectivity index (χ0v) is 29.8. The molecule has 3 aromatic carbocycles. The van der Waals surface area contributed by atoms with Crippen molar-refractivity contribution < 1.29 is 27.8 Å². The maximum absolute atomic E-state index is 14.3. The lowest BCUT2D eigenvalue weighted by Crippen LogP contribution is -2.49. The maximum Gasteiger partial charge on any atom is 0.201 e. The minimum absolute atomic E-state index is 0.0554. The molecule has 0 amide bonds. The lowest BCUT2D eigenvalue weighted by atomic mass is 10.0. The Labute approximate surface area is 286 Å². The van der Waals surface area contributed by atoms with Gasteiger partial charge < -0.3 is 24.5 Å². The Hall–Kier alpha value is -4.36. The molecule has 0 radical (unpaired) electrons. The number of carbonyl (C=O) groups is 1. The minimum atomic E-state index is -1.27. The first-order chi connectivity index (χ1) is 23.3. The SMILES string of the molecule is Cc1cc(Oc2cccc(F)c2F)cc(C)c1-n1ncc(C2COCC(C(=O)c3cc4ccccc4n3COCC[Si](C)(C)C)N2C)c1N. The van der Waals surface area contributed by atoms with Crippen LogP contribution in [0.5, 0.6) is 11.5 Å². The molecule has 2 N–H and O–H groups in total. The number of hydrogen-bond donors (Lipinski definition) is 1. The number of ether oxygens (including phenoxy) is 3. The number of Topliss-reactive ketones (excluding diaryl/α,β-unsaturated/α-hetero) is 1. The number of rotatable bonds is 11. The minimum Gasteiger partial charge on any atom is -0.454 e. The standard InChI is InChI=1S/C37H43F2N5O4Si/c1-23-16-26(48-33-13-9-11-28(38)34(33)39)17-24(2)35(23)44-37(40)27(19-41-44)31-20-47-21-32(42(31)3)36(45)30-18-25-10-7-8-12-29(25)43(30)22-46-14-15-49(4,5)6/h7-13,16-19,31-32H,14-15,20-22,40H2,1-6H3. The maximum atomic E-state index is 14.3. The Bertz CT molecular complexity index is 1980. The number of nitrogens with two attached hydrogens (primary N) is 1. The van der Waals surface area contributed by atoms with Crippen LogP contribution < -0.4 is 10.5 Å². The van der Waals surface area contributed by atoms with E-state index in [4.69, 9.17) is 19.9 Å². The van der Waals surface area contributed by atoms with Crippen LogP contribution in [0.15, 0.2) is 66.9 Å². The van der Waals surface area contributed by atoms with E-state index in [2.05, 4.69) is 24.7 Å². The van der Waals surface area contributed by atoms with E-state index >= 15 is 0 Å². The molecule has 2 atom stereocenters. The molecule has 2 unspecified atom stereocenters. The average Bonchev–Trinajstić information content (AvgIpc) is 3.61. The molecule has 258 valence electrons. The van der Waals surface area contributed by atoms with Gasteiger partial charge in [-0.2, -0.15) is 9.49 Å². The van der Waals surface area contributed by atoms with Crippen molar-refractivity contribution in [3.05, 3.63) is 101 Å². The average molecular weight is 688 g/mol. The number of nitrogen functional groups attached to an aromatic ring is 1. The van der Waals surface area contributed by atoms with Crippen molar-refractivity contribution in [1.82, 2.24) is 19.2 Å². The van der Waals surface area contributed by atoms with Gasteiger partial charge in [-0.05, 0) is 74.5 Å². The highest BCUT2D eigenvalue weighted by Crippen LogP contribution is 2.36. The van der Waals surface area contributed by atoms with Crippen LogP contribution in [0, 0.1) is 25.5 Å². The number of morpholine rings is 1. The fraction of sp³-hybridized carbons (Fsp3) is 0.351. The first-order valence-corrected chi connectivity index (χ1v) is 20.1.